The molecular weight excluding hydrogens is 242 g/mol. The maximum atomic E-state index is 10.3. The molecule has 0 saturated heterocycles. The fourth-order valence-corrected chi connectivity index (χ4v) is 2.85. The Morgan fingerprint density at radius 1 is 1.17 bits per heavy atom. The van der Waals surface area contributed by atoms with Crippen molar-refractivity contribution in [1.82, 2.24) is 5.32 Å². The molecule has 0 amide bonds. The Bertz CT molecular complexity index is 373. The van der Waals surface area contributed by atoms with Crippen LogP contribution in [-0.2, 0) is 0 Å². The zero-order chi connectivity index (χ0) is 13.1. The fourth-order valence-electron chi connectivity index (χ4n) is 2.02. The van der Waals surface area contributed by atoms with E-state index in [2.05, 4.69) is 38.2 Å². The molecule has 0 heterocycles. The molecular formula is C15H23NOS. The van der Waals surface area contributed by atoms with Gasteiger partial charge in [-0.05, 0) is 37.5 Å². The molecule has 2 unspecified atom stereocenters. The van der Waals surface area contributed by atoms with Crippen molar-refractivity contribution < 1.29 is 5.11 Å². The topological polar surface area (TPSA) is 32.3 Å². The fraction of sp³-hybridized carbons (Fsp3) is 0.600. The van der Waals surface area contributed by atoms with E-state index < -0.39 is 6.10 Å². The van der Waals surface area contributed by atoms with Crippen LogP contribution in [0, 0.1) is 0 Å². The van der Waals surface area contributed by atoms with Crippen molar-refractivity contribution in [2.75, 3.05) is 0 Å². The monoisotopic (exact) mass is 265 g/mol. The molecule has 2 nitrogen and oxygen atoms in total. The van der Waals surface area contributed by atoms with E-state index in [0.717, 1.165) is 5.56 Å². The largest absolute Gasteiger partial charge is 0.387 e. The third kappa shape index (κ3) is 4.01. The molecule has 1 aliphatic rings. The van der Waals surface area contributed by atoms with Gasteiger partial charge in [0, 0.05) is 22.2 Å². The number of nitrogens with one attached hydrogen (secondary N) is 1. The van der Waals surface area contributed by atoms with E-state index in [1.54, 1.807) is 0 Å². The molecule has 2 atom stereocenters. The number of hydrogen-bond acceptors (Lipinski definition) is 3. The first kappa shape index (κ1) is 13.9. The van der Waals surface area contributed by atoms with E-state index in [-0.39, 0.29) is 6.04 Å². The lowest BCUT2D eigenvalue weighted by Crippen LogP contribution is -2.33. The summed E-state index contributed by atoms with van der Waals surface area (Å²) in [5.74, 6) is 0. The lowest BCUT2D eigenvalue weighted by molar-refractivity contribution is 0.135. The number of thioether (sulfide) groups is 1. The highest BCUT2D eigenvalue weighted by atomic mass is 32.2. The summed E-state index contributed by atoms with van der Waals surface area (Å²) in [6, 6.07) is 9.05. The summed E-state index contributed by atoms with van der Waals surface area (Å²) < 4.78 is 0. The second kappa shape index (κ2) is 6.09. The lowest BCUT2D eigenvalue weighted by Gasteiger charge is -2.20. The summed E-state index contributed by atoms with van der Waals surface area (Å²) in [7, 11) is 0. The van der Waals surface area contributed by atoms with Crippen molar-refractivity contribution in [3.63, 3.8) is 0 Å². The van der Waals surface area contributed by atoms with Crippen molar-refractivity contribution >= 4 is 11.8 Å². The van der Waals surface area contributed by atoms with E-state index in [9.17, 15) is 5.11 Å². The zero-order valence-corrected chi connectivity index (χ0v) is 12.2. The highest BCUT2D eigenvalue weighted by Crippen LogP contribution is 2.27. The molecule has 0 radical (unpaired) electrons. The van der Waals surface area contributed by atoms with Crippen LogP contribution in [0.25, 0.3) is 0 Å². The number of aliphatic hydroxyl groups excluding tert-OH is 1. The molecule has 0 aromatic heterocycles. The molecule has 0 bridgehead atoms. The van der Waals surface area contributed by atoms with Gasteiger partial charge in [0.15, 0.2) is 0 Å². The first-order valence-corrected chi connectivity index (χ1v) is 7.65. The molecule has 1 aliphatic carbocycles. The maximum absolute atomic E-state index is 10.3. The minimum absolute atomic E-state index is 0.126. The van der Waals surface area contributed by atoms with Gasteiger partial charge in [-0.2, -0.15) is 0 Å². The molecule has 0 spiro atoms. The van der Waals surface area contributed by atoms with Gasteiger partial charge in [-0.15, -0.1) is 11.8 Å². The van der Waals surface area contributed by atoms with Crippen LogP contribution in [0.5, 0.6) is 0 Å². The Hall–Kier alpha value is -0.510. The molecule has 1 aromatic rings. The minimum atomic E-state index is -0.413. The summed E-state index contributed by atoms with van der Waals surface area (Å²) in [5.41, 5.74) is 1.00. The van der Waals surface area contributed by atoms with Gasteiger partial charge in [-0.25, -0.2) is 0 Å². The Labute approximate surface area is 114 Å². The Kier molecular flexibility index (Phi) is 4.71. The van der Waals surface area contributed by atoms with E-state index in [1.807, 2.05) is 23.9 Å². The highest BCUT2D eigenvalue weighted by molar-refractivity contribution is 7.99. The summed E-state index contributed by atoms with van der Waals surface area (Å²) in [4.78, 5) is 1.27. The lowest BCUT2D eigenvalue weighted by atomic mass is 10.0. The SMILES string of the molecule is CC(C)Sc1ccc(C(O)C(C)NC2CC2)cc1. The van der Waals surface area contributed by atoms with Crippen molar-refractivity contribution in [2.45, 2.75) is 61.9 Å². The van der Waals surface area contributed by atoms with E-state index in [1.165, 1.54) is 17.7 Å². The third-order valence-corrected chi connectivity index (χ3v) is 4.16. The third-order valence-electron chi connectivity index (χ3n) is 3.14. The molecule has 2 N–H and O–H groups in total. The van der Waals surface area contributed by atoms with Gasteiger partial charge in [-0.1, -0.05) is 26.0 Å². The second-order valence-corrected chi connectivity index (χ2v) is 7.06. The highest BCUT2D eigenvalue weighted by Gasteiger charge is 2.26. The van der Waals surface area contributed by atoms with Gasteiger partial charge in [-0.3, -0.25) is 0 Å². The molecule has 0 aliphatic heterocycles. The van der Waals surface area contributed by atoms with Gasteiger partial charge >= 0.3 is 0 Å². The predicted octanol–water partition coefficient (Wildman–Crippen LogP) is 3.36. The average Bonchev–Trinajstić information content (AvgIpc) is 3.12. The molecule has 3 heteroatoms. The van der Waals surface area contributed by atoms with E-state index in [0.29, 0.717) is 11.3 Å². The summed E-state index contributed by atoms with van der Waals surface area (Å²) in [5, 5.41) is 14.3. The normalized spacial score (nSPS) is 18.9. The van der Waals surface area contributed by atoms with Crippen LogP contribution in [0.3, 0.4) is 0 Å². The Morgan fingerprint density at radius 3 is 2.28 bits per heavy atom. The number of hydrogen-bond donors (Lipinski definition) is 2. The second-order valence-electron chi connectivity index (χ2n) is 5.41. The molecule has 2 rings (SSSR count). The predicted molar refractivity (Wildman–Crippen MR) is 78.0 cm³/mol. The average molecular weight is 265 g/mol. The molecule has 1 aromatic carbocycles. The van der Waals surface area contributed by atoms with Gasteiger partial charge in [0.1, 0.15) is 0 Å². The summed E-state index contributed by atoms with van der Waals surface area (Å²) >= 11 is 1.85. The number of aliphatic hydroxyl groups is 1. The standard InChI is InChI=1S/C15H23NOS/c1-10(2)18-14-8-4-12(5-9-14)15(17)11(3)16-13-6-7-13/h4-5,8-11,13,15-17H,6-7H2,1-3H3. The van der Waals surface area contributed by atoms with Crippen LogP contribution in [0.15, 0.2) is 29.2 Å². The van der Waals surface area contributed by atoms with E-state index >= 15 is 0 Å². The molecule has 1 fully saturated rings. The molecule has 100 valence electrons. The van der Waals surface area contributed by atoms with Crippen molar-refractivity contribution in [2.24, 2.45) is 0 Å². The smallest absolute Gasteiger partial charge is 0.0940 e. The number of rotatable bonds is 6. The van der Waals surface area contributed by atoms with Gasteiger partial charge in [0.25, 0.3) is 0 Å². The maximum Gasteiger partial charge on any atom is 0.0940 e. The van der Waals surface area contributed by atoms with Crippen LogP contribution in [-0.4, -0.2) is 22.4 Å². The van der Waals surface area contributed by atoms with E-state index in [4.69, 9.17) is 0 Å². The minimum Gasteiger partial charge on any atom is -0.387 e. The first-order valence-electron chi connectivity index (χ1n) is 6.77. The van der Waals surface area contributed by atoms with Crippen LogP contribution in [0.1, 0.15) is 45.3 Å². The Balaban J connectivity index is 1.94. The Morgan fingerprint density at radius 2 is 1.78 bits per heavy atom. The summed E-state index contributed by atoms with van der Waals surface area (Å²) in [6.07, 6.45) is 2.09. The van der Waals surface area contributed by atoms with Crippen LogP contribution < -0.4 is 5.32 Å². The first-order chi connectivity index (χ1) is 8.56. The van der Waals surface area contributed by atoms with Gasteiger partial charge in [0.05, 0.1) is 6.10 Å². The van der Waals surface area contributed by atoms with Crippen LogP contribution >= 0.6 is 11.8 Å². The van der Waals surface area contributed by atoms with Crippen molar-refractivity contribution in [1.29, 1.82) is 0 Å². The van der Waals surface area contributed by atoms with Gasteiger partial charge in [0.2, 0.25) is 0 Å². The number of benzene rings is 1. The van der Waals surface area contributed by atoms with Crippen LogP contribution in [0.4, 0.5) is 0 Å². The van der Waals surface area contributed by atoms with Crippen molar-refractivity contribution in [3.05, 3.63) is 29.8 Å². The van der Waals surface area contributed by atoms with Crippen molar-refractivity contribution in [3.8, 4) is 0 Å². The zero-order valence-electron chi connectivity index (χ0n) is 11.4. The van der Waals surface area contributed by atoms with Crippen LogP contribution in [0.2, 0.25) is 0 Å². The summed E-state index contributed by atoms with van der Waals surface area (Å²) in [6.45, 7) is 6.43. The van der Waals surface area contributed by atoms with Gasteiger partial charge < -0.3 is 10.4 Å². The quantitative estimate of drug-likeness (QED) is 0.774. The molecule has 1 saturated carbocycles. The molecule has 18 heavy (non-hydrogen) atoms.